The number of esters is 1. The Hall–Kier alpha value is -2.99. The minimum absolute atomic E-state index is 0.0668. The van der Waals surface area contributed by atoms with Crippen LogP contribution in [0.25, 0.3) is 22.4 Å². The molecule has 0 spiro atoms. The summed E-state index contributed by atoms with van der Waals surface area (Å²) in [4.78, 5) is 32.8. The molecule has 5 nitrogen and oxygen atoms in total. The van der Waals surface area contributed by atoms with E-state index < -0.39 is 13.5 Å². The van der Waals surface area contributed by atoms with E-state index in [1.807, 2.05) is 47.0 Å². The van der Waals surface area contributed by atoms with Crippen LogP contribution in [-0.2, 0) is 10.2 Å². The summed E-state index contributed by atoms with van der Waals surface area (Å²) >= 11 is 0. The number of hydrogen-bond acceptors (Lipinski definition) is 4. The Morgan fingerprint density at radius 3 is 2.49 bits per heavy atom. The summed E-state index contributed by atoms with van der Waals surface area (Å²) in [5.41, 5.74) is 5.13. The van der Waals surface area contributed by atoms with Crippen LogP contribution in [-0.4, -0.2) is 36.1 Å². The molecular formula is C35H44N2O3Si. The van der Waals surface area contributed by atoms with Crippen LogP contribution in [0.5, 0.6) is 0 Å². The number of imidazole rings is 1. The molecule has 1 saturated carbocycles. The first-order valence-corrected chi connectivity index (χ1v) is 18.4. The lowest BCUT2D eigenvalue weighted by Crippen LogP contribution is -2.48. The zero-order valence-corrected chi connectivity index (χ0v) is 26.5. The highest BCUT2D eigenvalue weighted by molar-refractivity contribution is 6.80. The maximum atomic E-state index is 14.5. The second-order valence-corrected chi connectivity index (χ2v) is 19.1. The molecule has 0 N–H and O–H groups in total. The molecule has 216 valence electrons. The standard InChI is InChI=1S/C35H44N2O3Si/c1-7-41(8-2,9-3)22-35(6)28-20-24(32(38)40-19-18-23-14-16-25-21-27(23)34(25,4)5)15-17-26(28)31-36-29-12-10-11-13-30(29)37(31)33(35)39/h10-15,17,20,25,27H,7-9,16,18-19,21-22H2,1-6H3/t25-,27-,35?/m0/s1. The molecule has 0 amide bonds. The quantitative estimate of drug-likeness (QED) is 0.147. The molecule has 3 aromatic rings. The van der Waals surface area contributed by atoms with E-state index >= 15 is 0 Å². The molecular weight excluding hydrogens is 524 g/mol. The Kier molecular flexibility index (Phi) is 6.92. The van der Waals surface area contributed by atoms with Gasteiger partial charge >= 0.3 is 5.97 Å². The molecule has 3 aliphatic carbocycles. The number of nitrogens with zero attached hydrogens (tertiary/aromatic N) is 2. The first-order chi connectivity index (χ1) is 19.6. The van der Waals surface area contributed by atoms with Gasteiger partial charge in [-0.3, -0.25) is 9.36 Å². The predicted molar refractivity (Wildman–Crippen MR) is 168 cm³/mol. The second kappa shape index (κ2) is 10.1. The molecule has 1 aromatic heterocycles. The van der Waals surface area contributed by atoms with E-state index in [0.29, 0.717) is 29.3 Å². The van der Waals surface area contributed by atoms with Crippen molar-refractivity contribution in [3.63, 3.8) is 0 Å². The van der Waals surface area contributed by atoms with Gasteiger partial charge in [0.15, 0.2) is 0 Å². The molecule has 0 saturated heterocycles. The van der Waals surface area contributed by atoms with Gasteiger partial charge in [0.1, 0.15) is 5.82 Å². The number of benzene rings is 2. The van der Waals surface area contributed by atoms with Crippen molar-refractivity contribution in [2.24, 2.45) is 17.3 Å². The molecule has 3 atom stereocenters. The van der Waals surface area contributed by atoms with Crippen LogP contribution < -0.4 is 0 Å². The van der Waals surface area contributed by atoms with Crippen molar-refractivity contribution < 1.29 is 14.3 Å². The zero-order valence-electron chi connectivity index (χ0n) is 25.5. The van der Waals surface area contributed by atoms with Gasteiger partial charge < -0.3 is 4.74 Å². The van der Waals surface area contributed by atoms with Gasteiger partial charge in [0.25, 0.3) is 0 Å². The summed E-state index contributed by atoms with van der Waals surface area (Å²) < 4.78 is 7.69. The van der Waals surface area contributed by atoms with Gasteiger partial charge in [-0.05, 0) is 72.9 Å². The average molecular weight is 569 g/mol. The van der Waals surface area contributed by atoms with Crippen molar-refractivity contribution in [2.75, 3.05) is 6.61 Å². The third-order valence-electron chi connectivity index (χ3n) is 11.5. The first-order valence-electron chi connectivity index (χ1n) is 15.6. The lowest BCUT2D eigenvalue weighted by Gasteiger charge is -2.56. The van der Waals surface area contributed by atoms with Crippen molar-refractivity contribution >= 4 is 31.0 Å². The summed E-state index contributed by atoms with van der Waals surface area (Å²) in [6, 6.07) is 17.9. The number of carbonyl (C=O) groups excluding carboxylic acids is 2. The predicted octanol–water partition coefficient (Wildman–Crippen LogP) is 8.66. The van der Waals surface area contributed by atoms with Gasteiger partial charge in [0, 0.05) is 12.0 Å². The molecule has 2 aromatic carbocycles. The SMILES string of the molecule is CC[Si](CC)(CC)CC1(C)C(=O)n2c(nc3ccccc32)-c2ccc(C(=O)OCCC3=CC[C@H]4C[C@@H]3C4(C)C)cc21. The Morgan fingerprint density at radius 2 is 1.80 bits per heavy atom. The molecule has 1 fully saturated rings. The summed E-state index contributed by atoms with van der Waals surface area (Å²) in [5, 5.41) is 0. The van der Waals surface area contributed by atoms with Crippen LogP contribution in [0, 0.1) is 17.3 Å². The Labute approximate surface area is 245 Å². The summed E-state index contributed by atoms with van der Waals surface area (Å²) in [5.74, 6) is 1.85. The van der Waals surface area contributed by atoms with Crippen LogP contribution in [0.1, 0.15) is 81.5 Å². The number of rotatable bonds is 9. The zero-order chi connectivity index (χ0) is 29.2. The highest BCUT2D eigenvalue weighted by atomic mass is 28.3. The summed E-state index contributed by atoms with van der Waals surface area (Å²) in [6.07, 6.45) is 5.60. The fourth-order valence-electron chi connectivity index (χ4n) is 8.25. The molecule has 7 rings (SSSR count). The topological polar surface area (TPSA) is 61.2 Å². The van der Waals surface area contributed by atoms with Crippen LogP contribution in [0.2, 0.25) is 24.2 Å². The normalized spacial score (nSPS) is 24.3. The maximum Gasteiger partial charge on any atom is 0.338 e. The maximum absolute atomic E-state index is 14.5. The summed E-state index contributed by atoms with van der Waals surface area (Å²) in [7, 11) is -1.73. The van der Waals surface area contributed by atoms with Crippen LogP contribution in [0.15, 0.2) is 54.1 Å². The largest absolute Gasteiger partial charge is 0.462 e. The van der Waals surface area contributed by atoms with E-state index in [4.69, 9.17) is 9.72 Å². The number of carbonyl (C=O) groups is 2. The molecule has 2 bridgehead atoms. The number of aromatic nitrogens is 2. The Bertz CT molecular complexity index is 1550. The van der Waals surface area contributed by atoms with E-state index in [-0.39, 0.29) is 11.9 Å². The molecule has 1 aliphatic heterocycles. The van der Waals surface area contributed by atoms with Crippen molar-refractivity contribution in [3.8, 4) is 11.4 Å². The monoisotopic (exact) mass is 568 g/mol. The van der Waals surface area contributed by atoms with Crippen molar-refractivity contribution in [1.82, 2.24) is 9.55 Å². The van der Waals surface area contributed by atoms with E-state index in [2.05, 4.69) is 47.6 Å². The number of allylic oxidation sites excluding steroid dienone is 1. The van der Waals surface area contributed by atoms with E-state index in [9.17, 15) is 9.59 Å². The van der Waals surface area contributed by atoms with Crippen LogP contribution >= 0.6 is 0 Å². The third kappa shape index (κ3) is 4.27. The van der Waals surface area contributed by atoms with E-state index in [1.54, 1.807) is 0 Å². The van der Waals surface area contributed by atoms with Crippen LogP contribution in [0.4, 0.5) is 0 Å². The molecule has 1 unspecified atom stereocenters. The van der Waals surface area contributed by atoms with E-state index in [0.717, 1.165) is 65.1 Å². The first kappa shape index (κ1) is 28.1. The van der Waals surface area contributed by atoms with Crippen molar-refractivity contribution in [2.45, 2.75) is 90.4 Å². The number of para-hydroxylation sites is 2. The number of ether oxygens (including phenoxy) is 1. The number of fused-ring (bicyclic) bond motifs is 6. The lowest BCUT2D eigenvalue weighted by atomic mass is 9.48. The molecule has 41 heavy (non-hydrogen) atoms. The van der Waals surface area contributed by atoms with Gasteiger partial charge in [-0.1, -0.05) is 82.6 Å². The van der Waals surface area contributed by atoms with Crippen LogP contribution in [0.3, 0.4) is 0 Å². The molecule has 0 radical (unpaired) electrons. The fraction of sp³-hybridized carbons (Fsp3) is 0.514. The lowest BCUT2D eigenvalue weighted by molar-refractivity contribution is -0.0103. The molecule has 6 heteroatoms. The number of hydrogen-bond donors (Lipinski definition) is 0. The third-order valence-corrected chi connectivity index (χ3v) is 17.5. The fourth-order valence-corrected chi connectivity index (χ4v) is 12.3. The van der Waals surface area contributed by atoms with Crippen molar-refractivity contribution in [1.29, 1.82) is 0 Å². The highest BCUT2D eigenvalue weighted by Gasteiger charge is 2.51. The summed E-state index contributed by atoms with van der Waals surface area (Å²) in [6.45, 7) is 14.1. The second-order valence-electron chi connectivity index (χ2n) is 13.6. The average Bonchev–Trinajstić information content (AvgIpc) is 3.38. The van der Waals surface area contributed by atoms with Gasteiger partial charge in [-0.25, -0.2) is 9.78 Å². The minimum Gasteiger partial charge on any atom is -0.462 e. The Balaban J connectivity index is 1.34. The van der Waals surface area contributed by atoms with E-state index in [1.165, 1.54) is 12.0 Å². The minimum atomic E-state index is -1.73. The molecule has 4 aliphatic rings. The van der Waals surface area contributed by atoms with Gasteiger partial charge in [0.05, 0.1) is 36.7 Å². The Morgan fingerprint density at radius 1 is 1.07 bits per heavy atom. The van der Waals surface area contributed by atoms with Gasteiger partial charge in [0.2, 0.25) is 5.91 Å². The van der Waals surface area contributed by atoms with Crippen molar-refractivity contribution in [3.05, 3.63) is 65.2 Å². The smallest absolute Gasteiger partial charge is 0.338 e. The highest BCUT2D eigenvalue weighted by Crippen LogP contribution is 2.59. The van der Waals surface area contributed by atoms with Gasteiger partial charge in [-0.15, -0.1) is 0 Å². The van der Waals surface area contributed by atoms with Gasteiger partial charge in [-0.2, -0.15) is 0 Å². The molecule has 2 heterocycles.